The minimum atomic E-state index is 0. The molecule has 252 valence electrons. The number of fused-ring (bicyclic) bond motifs is 3. The third-order valence-corrected chi connectivity index (χ3v) is 9.32. The number of furan rings is 1. The molecule has 0 radical (unpaired) electrons. The van der Waals surface area contributed by atoms with Crippen molar-refractivity contribution in [2.45, 2.75) is 6.92 Å². The van der Waals surface area contributed by atoms with Gasteiger partial charge in [0.2, 0.25) is 0 Å². The van der Waals surface area contributed by atoms with Crippen molar-refractivity contribution < 1.29 is 30.6 Å². The SMILES string of the molecule is Cc1cc(-c2cccc(-c3ccc4c(c3)oc3ccccc34)c2)cc(-c2[c-]c(-c3cc(-c4ccccc4)cc(-c4ccccc4O)n3)ccc2)n1.[Pt]. The molecule has 0 unspecified atom stereocenters. The Kier molecular flexibility index (Phi) is 8.84. The summed E-state index contributed by atoms with van der Waals surface area (Å²) in [6, 6.07) is 58.8. The van der Waals surface area contributed by atoms with Crippen LogP contribution in [0.2, 0.25) is 0 Å². The average molecular weight is 851 g/mol. The molecule has 0 fully saturated rings. The van der Waals surface area contributed by atoms with E-state index in [1.165, 1.54) is 0 Å². The molecule has 0 aliphatic rings. The van der Waals surface area contributed by atoms with E-state index in [1.807, 2.05) is 85.8 Å². The number of rotatable bonds is 6. The Morgan fingerprint density at radius 3 is 1.87 bits per heavy atom. The molecule has 1 N–H and O–H groups in total. The summed E-state index contributed by atoms with van der Waals surface area (Å²) in [5.41, 5.74) is 13.9. The second kappa shape index (κ2) is 13.9. The molecule has 5 heteroatoms. The number of para-hydroxylation sites is 2. The van der Waals surface area contributed by atoms with E-state index in [4.69, 9.17) is 14.4 Å². The van der Waals surface area contributed by atoms with Crippen molar-refractivity contribution >= 4 is 21.9 Å². The number of aromatic hydroxyl groups is 1. The maximum absolute atomic E-state index is 10.7. The average Bonchev–Trinajstić information content (AvgIpc) is 3.56. The Morgan fingerprint density at radius 2 is 1.06 bits per heavy atom. The van der Waals surface area contributed by atoms with E-state index >= 15 is 0 Å². The Bertz CT molecular complexity index is 2730. The molecular formula is C47H31N2O2Pt-. The number of hydrogen-bond acceptors (Lipinski definition) is 4. The topological polar surface area (TPSA) is 59.2 Å². The summed E-state index contributed by atoms with van der Waals surface area (Å²) in [6.45, 7) is 2.03. The number of hydrogen-bond donors (Lipinski definition) is 1. The fraction of sp³-hybridized carbons (Fsp3) is 0.0213. The largest absolute Gasteiger partial charge is 0.507 e. The number of aryl methyl sites for hydroxylation is 1. The second-order valence-electron chi connectivity index (χ2n) is 12.8. The zero-order valence-corrected chi connectivity index (χ0v) is 30.4. The zero-order chi connectivity index (χ0) is 34.3. The van der Waals surface area contributed by atoms with E-state index in [-0.39, 0.29) is 26.8 Å². The molecule has 9 aromatic rings. The van der Waals surface area contributed by atoms with Crippen LogP contribution in [0.4, 0.5) is 0 Å². The fourth-order valence-electron chi connectivity index (χ4n) is 6.82. The van der Waals surface area contributed by atoms with Gasteiger partial charge in [0, 0.05) is 54.5 Å². The molecule has 4 nitrogen and oxygen atoms in total. The normalized spacial score (nSPS) is 11.1. The molecule has 0 aliphatic heterocycles. The molecule has 0 aliphatic carbocycles. The van der Waals surface area contributed by atoms with Gasteiger partial charge in [-0.3, -0.25) is 9.97 Å². The van der Waals surface area contributed by atoms with Crippen molar-refractivity contribution in [1.82, 2.24) is 9.97 Å². The van der Waals surface area contributed by atoms with Gasteiger partial charge in [0.15, 0.2) is 0 Å². The van der Waals surface area contributed by atoms with Crippen molar-refractivity contribution in [3.8, 4) is 72.9 Å². The van der Waals surface area contributed by atoms with E-state index in [0.29, 0.717) is 11.3 Å². The summed E-state index contributed by atoms with van der Waals surface area (Å²) in [6.07, 6.45) is 0. The Labute approximate surface area is 316 Å². The van der Waals surface area contributed by atoms with Gasteiger partial charge < -0.3 is 9.52 Å². The minimum absolute atomic E-state index is 0. The number of phenols is 1. The Hall–Kier alpha value is -6.09. The third kappa shape index (κ3) is 6.34. The third-order valence-electron chi connectivity index (χ3n) is 9.32. The molecule has 3 heterocycles. The van der Waals surface area contributed by atoms with E-state index in [2.05, 4.69) is 84.9 Å². The van der Waals surface area contributed by atoms with Crippen LogP contribution >= 0.6 is 0 Å². The maximum Gasteiger partial charge on any atom is 0.136 e. The molecular weight excluding hydrogens is 820 g/mol. The van der Waals surface area contributed by atoms with Crippen molar-refractivity contribution in [2.75, 3.05) is 0 Å². The molecule has 0 amide bonds. The van der Waals surface area contributed by atoms with Crippen molar-refractivity contribution in [2.24, 2.45) is 0 Å². The zero-order valence-electron chi connectivity index (χ0n) is 28.2. The van der Waals surface area contributed by atoms with Crippen LogP contribution in [-0.2, 0) is 21.1 Å². The summed E-state index contributed by atoms with van der Waals surface area (Å²) in [4.78, 5) is 9.97. The Balaban J connectivity index is 0.00000387. The number of pyridine rings is 2. The van der Waals surface area contributed by atoms with Crippen LogP contribution in [-0.4, -0.2) is 15.1 Å². The number of nitrogens with zero attached hydrogens (tertiary/aromatic N) is 2. The second-order valence-corrected chi connectivity index (χ2v) is 12.8. The van der Waals surface area contributed by atoms with E-state index in [0.717, 1.165) is 83.5 Å². The summed E-state index contributed by atoms with van der Waals surface area (Å²) < 4.78 is 6.19. The van der Waals surface area contributed by atoms with Gasteiger partial charge in [-0.25, -0.2) is 0 Å². The van der Waals surface area contributed by atoms with Crippen LogP contribution in [0.1, 0.15) is 5.69 Å². The minimum Gasteiger partial charge on any atom is -0.507 e. The molecule has 0 saturated heterocycles. The Morgan fingerprint density at radius 1 is 0.462 bits per heavy atom. The fourth-order valence-corrected chi connectivity index (χ4v) is 6.82. The van der Waals surface area contributed by atoms with Crippen LogP contribution in [0, 0.1) is 13.0 Å². The molecule has 0 saturated carbocycles. The predicted octanol–water partition coefficient (Wildman–Crippen LogP) is 12.2. The van der Waals surface area contributed by atoms with Crippen LogP contribution in [0.25, 0.3) is 89.1 Å². The van der Waals surface area contributed by atoms with Crippen LogP contribution in [0.5, 0.6) is 5.75 Å². The van der Waals surface area contributed by atoms with Gasteiger partial charge in [-0.15, -0.1) is 24.3 Å². The van der Waals surface area contributed by atoms with Crippen LogP contribution in [0.3, 0.4) is 0 Å². The first kappa shape index (κ1) is 33.1. The number of benzene rings is 6. The van der Waals surface area contributed by atoms with Gasteiger partial charge >= 0.3 is 0 Å². The van der Waals surface area contributed by atoms with Gasteiger partial charge in [0.25, 0.3) is 0 Å². The predicted molar refractivity (Wildman–Crippen MR) is 207 cm³/mol. The van der Waals surface area contributed by atoms with Gasteiger partial charge in [-0.05, 0) is 88.8 Å². The van der Waals surface area contributed by atoms with Gasteiger partial charge in [-0.2, -0.15) is 0 Å². The first-order valence-corrected chi connectivity index (χ1v) is 17.0. The molecule has 0 spiro atoms. The van der Waals surface area contributed by atoms with E-state index in [1.54, 1.807) is 6.07 Å². The molecule has 9 rings (SSSR count). The monoisotopic (exact) mass is 850 g/mol. The molecule has 52 heavy (non-hydrogen) atoms. The van der Waals surface area contributed by atoms with Gasteiger partial charge in [-0.1, -0.05) is 108 Å². The van der Waals surface area contributed by atoms with Crippen molar-refractivity contribution in [3.05, 3.63) is 176 Å². The quantitative estimate of drug-likeness (QED) is 0.169. The summed E-state index contributed by atoms with van der Waals surface area (Å²) in [5.74, 6) is 0.189. The first-order chi connectivity index (χ1) is 25.1. The number of phenolic OH excluding ortho intramolecular Hbond substituents is 1. The molecule has 3 aromatic heterocycles. The van der Waals surface area contributed by atoms with Crippen LogP contribution in [0.15, 0.2) is 168 Å². The van der Waals surface area contributed by atoms with Gasteiger partial charge in [0.05, 0.1) is 5.69 Å². The van der Waals surface area contributed by atoms with Crippen molar-refractivity contribution in [1.29, 1.82) is 0 Å². The van der Waals surface area contributed by atoms with E-state index < -0.39 is 0 Å². The van der Waals surface area contributed by atoms with E-state index in [9.17, 15) is 5.11 Å². The van der Waals surface area contributed by atoms with Crippen LogP contribution < -0.4 is 0 Å². The summed E-state index contributed by atoms with van der Waals surface area (Å²) in [7, 11) is 0. The smallest absolute Gasteiger partial charge is 0.136 e. The summed E-state index contributed by atoms with van der Waals surface area (Å²) in [5, 5.41) is 13.0. The summed E-state index contributed by atoms with van der Waals surface area (Å²) >= 11 is 0. The van der Waals surface area contributed by atoms with Crippen molar-refractivity contribution in [3.63, 3.8) is 0 Å². The van der Waals surface area contributed by atoms with Gasteiger partial charge in [0.1, 0.15) is 16.9 Å². The number of aromatic nitrogens is 2. The first-order valence-electron chi connectivity index (χ1n) is 17.0. The maximum atomic E-state index is 10.7. The molecule has 0 bridgehead atoms. The molecule has 6 aromatic carbocycles. The molecule has 0 atom stereocenters. The standard InChI is InChI=1S/C47H31N2O2.Pt/c1-30-23-37(33-14-9-13-32(24-33)34-21-22-40-39-17-6-8-20-46(39)51-47(40)29-34)26-42(48-30)35-15-10-16-36(25-35)43-27-38(31-11-3-2-4-12-31)28-44(49-43)41-18-5-7-19-45(41)50;/h2-24,26-29,50H,1H3;/q-1;.